The highest BCUT2D eigenvalue weighted by Crippen LogP contribution is 2.37. The van der Waals surface area contributed by atoms with E-state index in [0.29, 0.717) is 16.5 Å². The first-order valence-electron chi connectivity index (χ1n) is 7.42. The molecule has 0 spiro atoms. The molecule has 0 bridgehead atoms. The smallest absolute Gasteiger partial charge is 0.199 e. The lowest BCUT2D eigenvalue weighted by molar-refractivity contribution is 0.296. The molecule has 4 nitrogen and oxygen atoms in total. The molecule has 3 rings (SSSR count). The largest absolute Gasteiger partial charge is 0.494 e. The lowest BCUT2D eigenvalue weighted by Crippen LogP contribution is -2.07. The third kappa shape index (κ3) is 2.43. The van der Waals surface area contributed by atoms with Crippen molar-refractivity contribution in [3.05, 3.63) is 45.1 Å². The maximum atomic E-state index is 10.7. The van der Waals surface area contributed by atoms with E-state index >= 15 is 0 Å². The van der Waals surface area contributed by atoms with Crippen LogP contribution in [0, 0.1) is 11.3 Å². The zero-order valence-electron chi connectivity index (χ0n) is 12.1. The first-order chi connectivity index (χ1) is 10.7. The summed E-state index contributed by atoms with van der Waals surface area (Å²) < 4.78 is 2.58. The van der Waals surface area contributed by atoms with Crippen molar-refractivity contribution in [1.29, 1.82) is 5.26 Å². The molecule has 0 saturated heterocycles. The number of aromatic hydroxyl groups is 1. The number of rotatable bonds is 3. The second-order valence-electron chi connectivity index (χ2n) is 5.52. The van der Waals surface area contributed by atoms with Crippen LogP contribution in [0.25, 0.3) is 5.69 Å². The van der Waals surface area contributed by atoms with Gasteiger partial charge in [-0.2, -0.15) is 5.26 Å². The summed E-state index contributed by atoms with van der Waals surface area (Å²) in [5, 5.41) is 29.0. The Morgan fingerprint density at radius 2 is 2.05 bits per heavy atom. The second-order valence-corrected chi connectivity index (χ2v) is 6.37. The van der Waals surface area contributed by atoms with Gasteiger partial charge in [0.15, 0.2) is 5.88 Å². The van der Waals surface area contributed by atoms with E-state index in [2.05, 4.69) is 22.0 Å². The SMILES string of the molecule is N#Cc1ccc(-n2c(O)c(CCO)c3c2CCCC3)cc1Br. The quantitative estimate of drug-likeness (QED) is 0.882. The van der Waals surface area contributed by atoms with Crippen LogP contribution in [0.5, 0.6) is 5.88 Å². The summed E-state index contributed by atoms with van der Waals surface area (Å²) in [6.07, 6.45) is 4.56. The molecule has 0 radical (unpaired) electrons. The molecule has 22 heavy (non-hydrogen) atoms. The molecule has 1 heterocycles. The Morgan fingerprint density at radius 1 is 1.27 bits per heavy atom. The topological polar surface area (TPSA) is 69.2 Å². The summed E-state index contributed by atoms with van der Waals surface area (Å²) in [4.78, 5) is 0. The average molecular weight is 361 g/mol. The summed E-state index contributed by atoms with van der Waals surface area (Å²) in [7, 11) is 0. The van der Waals surface area contributed by atoms with E-state index in [-0.39, 0.29) is 12.5 Å². The van der Waals surface area contributed by atoms with Gasteiger partial charge in [-0.1, -0.05) is 0 Å². The molecule has 0 fully saturated rings. The number of aromatic nitrogens is 1. The Bertz CT molecular complexity index is 759. The summed E-state index contributed by atoms with van der Waals surface area (Å²) in [6.45, 7) is 0.0288. The molecule has 0 aliphatic heterocycles. The number of halogens is 1. The standard InChI is InChI=1S/C17H17BrN2O2/c18-15-9-12(6-5-11(15)10-19)20-16-4-2-1-3-13(16)14(7-8-21)17(20)22/h5-6,9,21-22H,1-4,7-8H2. The molecule has 0 unspecified atom stereocenters. The van der Waals surface area contributed by atoms with Crippen LogP contribution in [0.4, 0.5) is 0 Å². The van der Waals surface area contributed by atoms with Crippen molar-refractivity contribution in [2.24, 2.45) is 0 Å². The summed E-state index contributed by atoms with van der Waals surface area (Å²) in [6, 6.07) is 7.58. The number of fused-ring (bicyclic) bond motifs is 1. The van der Waals surface area contributed by atoms with Crippen molar-refractivity contribution >= 4 is 15.9 Å². The Labute approximate surface area is 137 Å². The number of benzene rings is 1. The van der Waals surface area contributed by atoms with Gasteiger partial charge >= 0.3 is 0 Å². The fourth-order valence-electron chi connectivity index (χ4n) is 3.25. The van der Waals surface area contributed by atoms with Crippen LogP contribution in [-0.4, -0.2) is 21.4 Å². The number of hydrogen-bond acceptors (Lipinski definition) is 3. The Balaban J connectivity index is 2.18. The van der Waals surface area contributed by atoms with Crippen LogP contribution in [0.1, 0.15) is 35.2 Å². The molecule has 1 aliphatic carbocycles. The number of nitriles is 1. The average Bonchev–Trinajstić information content (AvgIpc) is 2.80. The molecule has 5 heteroatoms. The second kappa shape index (κ2) is 6.15. The fraction of sp³-hybridized carbons (Fsp3) is 0.353. The highest BCUT2D eigenvalue weighted by Gasteiger charge is 2.25. The maximum Gasteiger partial charge on any atom is 0.199 e. The van der Waals surface area contributed by atoms with Gasteiger partial charge < -0.3 is 10.2 Å². The normalized spacial score (nSPS) is 13.7. The van der Waals surface area contributed by atoms with Crippen LogP contribution in [0.15, 0.2) is 22.7 Å². The minimum atomic E-state index is 0.0288. The highest BCUT2D eigenvalue weighted by molar-refractivity contribution is 9.10. The van der Waals surface area contributed by atoms with Crippen LogP contribution in [-0.2, 0) is 19.3 Å². The van der Waals surface area contributed by atoms with E-state index in [0.717, 1.165) is 42.6 Å². The van der Waals surface area contributed by atoms with Gasteiger partial charge in [0.2, 0.25) is 0 Å². The maximum absolute atomic E-state index is 10.7. The monoisotopic (exact) mass is 360 g/mol. The van der Waals surface area contributed by atoms with Gasteiger partial charge in [-0.15, -0.1) is 0 Å². The van der Waals surface area contributed by atoms with Crippen LogP contribution >= 0.6 is 15.9 Å². The lowest BCUT2D eigenvalue weighted by atomic mass is 9.94. The molecule has 1 aliphatic rings. The molecule has 114 valence electrons. The van der Waals surface area contributed by atoms with Crippen molar-refractivity contribution in [1.82, 2.24) is 4.57 Å². The van der Waals surface area contributed by atoms with E-state index in [1.54, 1.807) is 6.07 Å². The predicted octanol–water partition coefficient (Wildman–Crippen LogP) is 3.23. The predicted molar refractivity (Wildman–Crippen MR) is 87.3 cm³/mol. The van der Waals surface area contributed by atoms with Gasteiger partial charge in [0.05, 0.1) is 5.56 Å². The zero-order valence-corrected chi connectivity index (χ0v) is 13.7. The van der Waals surface area contributed by atoms with Crippen molar-refractivity contribution < 1.29 is 10.2 Å². The van der Waals surface area contributed by atoms with E-state index in [9.17, 15) is 10.2 Å². The summed E-state index contributed by atoms with van der Waals surface area (Å²) in [5.41, 5.74) is 4.57. The summed E-state index contributed by atoms with van der Waals surface area (Å²) >= 11 is 3.41. The molecule has 1 aromatic heterocycles. The van der Waals surface area contributed by atoms with E-state index < -0.39 is 0 Å². The molecule has 0 amide bonds. The van der Waals surface area contributed by atoms with Crippen molar-refractivity contribution in [3.63, 3.8) is 0 Å². The van der Waals surface area contributed by atoms with Crippen LogP contribution in [0.3, 0.4) is 0 Å². The van der Waals surface area contributed by atoms with Gasteiger partial charge in [-0.3, -0.25) is 4.57 Å². The van der Waals surface area contributed by atoms with Crippen molar-refractivity contribution in [3.8, 4) is 17.6 Å². The van der Waals surface area contributed by atoms with Crippen molar-refractivity contribution in [2.75, 3.05) is 6.61 Å². The molecule has 0 atom stereocenters. The first kappa shape index (κ1) is 15.1. The van der Waals surface area contributed by atoms with Gasteiger partial charge in [0, 0.05) is 34.4 Å². The minimum Gasteiger partial charge on any atom is -0.494 e. The first-order valence-corrected chi connectivity index (χ1v) is 8.21. The number of aliphatic hydroxyl groups is 1. The van der Waals surface area contributed by atoms with Gasteiger partial charge in [-0.05, 0) is 65.4 Å². The lowest BCUT2D eigenvalue weighted by Gasteiger charge is -2.16. The van der Waals surface area contributed by atoms with Gasteiger partial charge in [-0.25, -0.2) is 0 Å². The number of nitrogens with zero attached hydrogens (tertiary/aromatic N) is 2. The molecular formula is C17H17BrN2O2. The fourth-order valence-corrected chi connectivity index (χ4v) is 3.70. The molecule has 0 saturated carbocycles. The molecule has 2 aromatic rings. The van der Waals surface area contributed by atoms with Crippen LogP contribution in [0.2, 0.25) is 0 Å². The van der Waals surface area contributed by atoms with Gasteiger partial charge in [0.25, 0.3) is 0 Å². The summed E-state index contributed by atoms with van der Waals surface area (Å²) in [5.74, 6) is 0.220. The van der Waals surface area contributed by atoms with Crippen molar-refractivity contribution in [2.45, 2.75) is 32.1 Å². The third-order valence-electron chi connectivity index (χ3n) is 4.25. The Hall–Kier alpha value is -1.77. The highest BCUT2D eigenvalue weighted by atomic mass is 79.9. The molecule has 2 N–H and O–H groups in total. The Kier molecular flexibility index (Phi) is 4.23. The number of aliphatic hydroxyl groups excluding tert-OH is 1. The van der Waals surface area contributed by atoms with Crippen LogP contribution < -0.4 is 0 Å². The molecular weight excluding hydrogens is 344 g/mol. The zero-order chi connectivity index (χ0) is 15.7. The van der Waals surface area contributed by atoms with E-state index in [1.165, 1.54) is 5.56 Å². The third-order valence-corrected chi connectivity index (χ3v) is 4.90. The molecule has 1 aromatic carbocycles. The van der Waals surface area contributed by atoms with E-state index in [1.807, 2.05) is 16.7 Å². The number of hydrogen-bond donors (Lipinski definition) is 2. The minimum absolute atomic E-state index is 0.0288. The Morgan fingerprint density at radius 3 is 2.73 bits per heavy atom. The van der Waals surface area contributed by atoms with Gasteiger partial charge in [0.1, 0.15) is 6.07 Å². The van der Waals surface area contributed by atoms with E-state index in [4.69, 9.17) is 5.26 Å².